The molecule has 0 unspecified atom stereocenters. The molecule has 0 N–H and O–H groups in total. The van der Waals surface area contributed by atoms with E-state index in [-0.39, 0.29) is 0 Å². The Morgan fingerprint density at radius 3 is 0.986 bits per heavy atom. The van der Waals surface area contributed by atoms with Crippen molar-refractivity contribution in [3.05, 3.63) is 116 Å². The molecule has 0 spiro atoms. The minimum absolute atomic E-state index is 0.443. The Morgan fingerprint density at radius 2 is 0.648 bits per heavy atom. The molecule has 4 aromatic rings. The van der Waals surface area contributed by atoms with Crippen molar-refractivity contribution in [1.82, 2.24) is 0 Å². The van der Waals surface area contributed by atoms with E-state index in [1.165, 1.54) is 122 Å². The lowest BCUT2D eigenvalue weighted by Crippen LogP contribution is -2.11. The van der Waals surface area contributed by atoms with E-state index in [9.17, 15) is 0 Å². The van der Waals surface area contributed by atoms with E-state index in [0.717, 1.165) is 61.5 Å². The van der Waals surface area contributed by atoms with Gasteiger partial charge in [-0.15, -0.1) is 0 Å². The van der Waals surface area contributed by atoms with Crippen LogP contribution in [0.4, 0.5) is 0 Å². The van der Waals surface area contributed by atoms with Gasteiger partial charge in [0, 0.05) is 40.3 Å². The van der Waals surface area contributed by atoms with Crippen LogP contribution in [-0.2, 0) is 53.1 Å². The second-order valence-corrected chi connectivity index (χ2v) is 21.1. The van der Waals surface area contributed by atoms with Gasteiger partial charge in [-0.05, 0) is 155 Å². The van der Waals surface area contributed by atoms with Crippen LogP contribution in [0.25, 0.3) is 0 Å². The average Bonchev–Trinajstić information content (AvgIpc) is 3.35. The van der Waals surface area contributed by atoms with E-state index in [4.69, 9.17) is 33.2 Å². The van der Waals surface area contributed by atoms with Gasteiger partial charge in [-0.1, -0.05) is 143 Å². The summed E-state index contributed by atoms with van der Waals surface area (Å²) in [6.07, 6.45) is 21.2. The van der Waals surface area contributed by atoms with Crippen molar-refractivity contribution < 1.29 is 33.2 Å². The molecule has 0 aliphatic rings. The molecule has 0 heterocycles. The molecule has 0 saturated heterocycles. The highest BCUT2D eigenvalue weighted by atomic mass is 16.5. The highest BCUT2D eigenvalue weighted by molar-refractivity contribution is 5.47. The van der Waals surface area contributed by atoms with Crippen LogP contribution in [0.1, 0.15) is 225 Å². The molecule has 7 heteroatoms. The van der Waals surface area contributed by atoms with Crippen LogP contribution >= 0.6 is 0 Å². The third kappa shape index (κ3) is 20.1. The summed E-state index contributed by atoms with van der Waals surface area (Å²) in [4.78, 5) is 0. The maximum absolute atomic E-state index is 6.73. The van der Waals surface area contributed by atoms with Gasteiger partial charge in [0.15, 0.2) is 23.0 Å². The predicted octanol–water partition coefficient (Wildman–Crippen LogP) is 17.0. The van der Waals surface area contributed by atoms with E-state index in [2.05, 4.69) is 104 Å². The molecule has 0 amide bonds. The molecular weight excluding hydrogens is 881 g/mol. The first-order valence-electron chi connectivity index (χ1n) is 27.9. The first-order valence-corrected chi connectivity index (χ1v) is 27.9. The molecule has 0 fully saturated rings. The van der Waals surface area contributed by atoms with Gasteiger partial charge < -0.3 is 33.2 Å². The lowest BCUT2D eigenvalue weighted by Gasteiger charge is -2.25. The van der Waals surface area contributed by atoms with Crippen LogP contribution in [0.5, 0.6) is 23.0 Å². The van der Waals surface area contributed by atoms with Crippen molar-refractivity contribution in [2.75, 3.05) is 54.9 Å². The van der Waals surface area contributed by atoms with E-state index < -0.39 is 0 Å². The van der Waals surface area contributed by atoms with Crippen LogP contribution in [0.2, 0.25) is 0 Å². The van der Waals surface area contributed by atoms with Gasteiger partial charge in [-0.25, -0.2) is 0 Å². The van der Waals surface area contributed by atoms with E-state index in [1.807, 2.05) is 12.1 Å². The normalized spacial score (nSPS) is 11.7. The van der Waals surface area contributed by atoms with E-state index >= 15 is 0 Å². The molecule has 0 aromatic heterocycles. The molecule has 71 heavy (non-hydrogen) atoms. The lowest BCUT2D eigenvalue weighted by atomic mass is 9.82. The average molecular weight is 979 g/mol. The first kappa shape index (κ1) is 59.5. The minimum Gasteiger partial charge on any atom is -0.493 e. The fourth-order valence-corrected chi connectivity index (χ4v) is 10.6. The number of benzene rings is 4. The standard InChI is InChI=1S/C64H98O7/c1-47(2)61-53(29-23-19-15-13-17-21-27-51-31-37-57(67-11)59(43-51)70-41-25-39-65-9)33-35-55(63(61)49(5)6)45-69-46-56-36-34-54(62(48(3)4)64(56)50(7)8)30-24-20-16-14-18-22-28-52-32-38-58(68-12)60(44-52)71-42-26-40-66-10/h31-38,43-44,47-50H,13-30,39-42,45-46H2,1-12H3. The monoisotopic (exact) mass is 979 g/mol. The Morgan fingerprint density at radius 1 is 0.324 bits per heavy atom. The maximum atomic E-state index is 6.73. The zero-order valence-corrected chi connectivity index (χ0v) is 46.9. The number of hydrogen-bond acceptors (Lipinski definition) is 7. The van der Waals surface area contributed by atoms with Gasteiger partial charge >= 0.3 is 0 Å². The van der Waals surface area contributed by atoms with Gasteiger partial charge in [0.1, 0.15) is 0 Å². The van der Waals surface area contributed by atoms with Crippen LogP contribution in [0.15, 0.2) is 60.7 Å². The summed E-state index contributed by atoms with van der Waals surface area (Å²) in [5.74, 6) is 5.10. The summed E-state index contributed by atoms with van der Waals surface area (Å²) in [5, 5.41) is 0. The quantitative estimate of drug-likeness (QED) is 0.0415. The van der Waals surface area contributed by atoms with E-state index in [0.29, 0.717) is 63.3 Å². The highest BCUT2D eigenvalue weighted by Crippen LogP contribution is 2.37. The molecule has 0 aliphatic heterocycles. The second-order valence-electron chi connectivity index (χ2n) is 21.1. The number of ether oxygens (including phenoxy) is 7. The van der Waals surface area contributed by atoms with Crippen LogP contribution < -0.4 is 18.9 Å². The fraction of sp³-hybridized carbons (Fsp3) is 0.625. The molecule has 0 radical (unpaired) electrons. The van der Waals surface area contributed by atoms with Crippen LogP contribution in [0.3, 0.4) is 0 Å². The first-order chi connectivity index (χ1) is 34.4. The Labute approximate surface area is 433 Å². The highest BCUT2D eigenvalue weighted by Gasteiger charge is 2.21. The number of rotatable bonds is 38. The Kier molecular flexibility index (Phi) is 28.2. The minimum atomic E-state index is 0.443. The summed E-state index contributed by atoms with van der Waals surface area (Å²) in [6, 6.07) is 22.4. The molecule has 4 rings (SSSR count). The number of unbranched alkanes of at least 4 members (excludes halogenated alkanes) is 10. The number of aryl methyl sites for hydroxylation is 4. The summed E-state index contributed by atoms with van der Waals surface area (Å²) < 4.78 is 40.2. The van der Waals surface area contributed by atoms with Crippen molar-refractivity contribution in [3.63, 3.8) is 0 Å². The topological polar surface area (TPSA) is 64.6 Å². The summed E-state index contributed by atoms with van der Waals surface area (Å²) in [6.45, 7) is 22.9. The predicted molar refractivity (Wildman–Crippen MR) is 298 cm³/mol. The third-order valence-corrected chi connectivity index (χ3v) is 14.0. The number of methoxy groups -OCH3 is 4. The zero-order valence-electron chi connectivity index (χ0n) is 46.9. The van der Waals surface area contributed by atoms with Crippen LogP contribution in [-0.4, -0.2) is 54.9 Å². The second kappa shape index (κ2) is 33.6. The van der Waals surface area contributed by atoms with E-state index in [1.54, 1.807) is 39.6 Å². The van der Waals surface area contributed by atoms with Crippen molar-refractivity contribution in [2.45, 2.75) is 208 Å². The Hall–Kier alpha value is -4.04. The summed E-state index contributed by atoms with van der Waals surface area (Å²) in [7, 11) is 6.86. The van der Waals surface area contributed by atoms with Crippen molar-refractivity contribution in [2.24, 2.45) is 0 Å². The summed E-state index contributed by atoms with van der Waals surface area (Å²) in [5.41, 5.74) is 14.5. The van der Waals surface area contributed by atoms with Gasteiger partial charge in [-0.2, -0.15) is 0 Å². The largest absolute Gasteiger partial charge is 0.493 e. The molecule has 0 atom stereocenters. The van der Waals surface area contributed by atoms with Crippen molar-refractivity contribution >= 4 is 0 Å². The molecule has 4 aromatic carbocycles. The Bertz CT molecular complexity index is 1940. The van der Waals surface area contributed by atoms with Crippen molar-refractivity contribution in [1.29, 1.82) is 0 Å². The van der Waals surface area contributed by atoms with Gasteiger partial charge in [0.25, 0.3) is 0 Å². The SMILES string of the molecule is COCCCOc1cc(CCCCCCCCc2ccc(COCc3ccc(CCCCCCCCc4ccc(OC)c(OCCCOC)c4)c(C(C)C)c3C(C)C)c(C(C)C)c2C(C)C)ccc1OC. The summed E-state index contributed by atoms with van der Waals surface area (Å²) >= 11 is 0. The molecule has 396 valence electrons. The smallest absolute Gasteiger partial charge is 0.161 e. The van der Waals surface area contributed by atoms with Gasteiger partial charge in [-0.3, -0.25) is 0 Å². The lowest BCUT2D eigenvalue weighted by molar-refractivity contribution is 0.105. The third-order valence-electron chi connectivity index (χ3n) is 14.0. The molecule has 7 nitrogen and oxygen atoms in total. The molecular formula is C64H98O7. The molecule has 0 aliphatic carbocycles. The Balaban J connectivity index is 1.24. The zero-order chi connectivity index (χ0) is 51.4. The molecule has 0 bridgehead atoms. The molecule has 0 saturated carbocycles. The maximum Gasteiger partial charge on any atom is 0.161 e. The number of hydrogen-bond donors (Lipinski definition) is 0. The van der Waals surface area contributed by atoms with Crippen LogP contribution in [0, 0.1) is 0 Å². The van der Waals surface area contributed by atoms with Gasteiger partial charge in [0.2, 0.25) is 0 Å². The van der Waals surface area contributed by atoms with Gasteiger partial charge in [0.05, 0.1) is 40.6 Å². The fourth-order valence-electron chi connectivity index (χ4n) is 10.6. The van der Waals surface area contributed by atoms with Crippen molar-refractivity contribution in [3.8, 4) is 23.0 Å².